The van der Waals surface area contributed by atoms with E-state index >= 15 is 0 Å². The van der Waals surface area contributed by atoms with Gasteiger partial charge in [0, 0.05) is 17.0 Å². The fraction of sp³-hybridized carbons (Fsp3) is 0.312. The molecule has 0 saturated heterocycles. The van der Waals surface area contributed by atoms with Crippen LogP contribution < -0.4 is 9.47 Å². The SMILES string of the molecule is Cn1nc(-c2cnc(OCCCOc3cc(I)ccc3Cl)s2)n1CC(=O)O. The molecule has 0 atom stereocenters. The number of hydrogen-bond donors (Lipinski definition) is 1. The van der Waals surface area contributed by atoms with E-state index in [2.05, 4.69) is 32.7 Å². The number of ether oxygens (including phenoxy) is 2. The first kappa shape index (κ1) is 20.0. The lowest BCUT2D eigenvalue weighted by Crippen LogP contribution is -2.28. The Labute approximate surface area is 177 Å². The quantitative estimate of drug-likeness (QED) is 0.341. The Balaban J connectivity index is 1.47. The van der Waals surface area contributed by atoms with Crippen LogP contribution in [0.2, 0.25) is 5.02 Å². The number of hydrogen-bond acceptors (Lipinski definition) is 6. The van der Waals surface area contributed by atoms with Gasteiger partial charge in [-0.05, 0) is 40.8 Å². The molecule has 0 radical (unpaired) electrons. The van der Waals surface area contributed by atoms with E-state index in [4.69, 9.17) is 26.2 Å². The molecule has 2 heterocycles. The Hall–Kier alpha value is -1.79. The summed E-state index contributed by atoms with van der Waals surface area (Å²) in [5.41, 5.74) is 0. The molecule has 3 aromatic rings. The van der Waals surface area contributed by atoms with Crippen LogP contribution in [0.25, 0.3) is 10.7 Å². The number of aliphatic carboxylic acids is 1. The van der Waals surface area contributed by atoms with Crippen molar-refractivity contribution in [2.75, 3.05) is 13.2 Å². The smallest absolute Gasteiger partial charge is 0.325 e. The first-order chi connectivity index (χ1) is 12.9. The highest BCUT2D eigenvalue weighted by Crippen LogP contribution is 2.30. The second kappa shape index (κ2) is 8.93. The Morgan fingerprint density at radius 1 is 1.37 bits per heavy atom. The van der Waals surface area contributed by atoms with Crippen LogP contribution in [-0.4, -0.2) is 43.9 Å². The van der Waals surface area contributed by atoms with Crippen LogP contribution in [0.15, 0.2) is 24.4 Å². The summed E-state index contributed by atoms with van der Waals surface area (Å²) >= 11 is 9.61. The van der Waals surface area contributed by atoms with E-state index in [1.165, 1.54) is 16.1 Å². The molecule has 0 bridgehead atoms. The number of rotatable bonds is 9. The molecule has 1 N–H and O–H groups in total. The highest BCUT2D eigenvalue weighted by Gasteiger charge is 2.18. The molecule has 0 unspecified atom stereocenters. The third-order valence-corrected chi connectivity index (χ3v) is 5.38. The zero-order valence-corrected chi connectivity index (χ0v) is 18.0. The average molecular weight is 523 g/mol. The molecule has 0 spiro atoms. The molecule has 27 heavy (non-hydrogen) atoms. The number of aromatic nitrogens is 4. The van der Waals surface area contributed by atoms with Gasteiger partial charge in [0.1, 0.15) is 12.3 Å². The van der Waals surface area contributed by atoms with E-state index in [0.29, 0.717) is 41.4 Å². The fourth-order valence-electron chi connectivity index (χ4n) is 2.24. The molecule has 2 aromatic heterocycles. The molecule has 0 fully saturated rings. The van der Waals surface area contributed by atoms with E-state index in [-0.39, 0.29) is 6.54 Å². The largest absolute Gasteiger partial charge is 0.492 e. The van der Waals surface area contributed by atoms with Crippen LogP contribution in [0.5, 0.6) is 10.9 Å². The van der Waals surface area contributed by atoms with Gasteiger partial charge in [0.2, 0.25) is 0 Å². The van der Waals surface area contributed by atoms with Gasteiger partial charge in [-0.15, -0.1) is 5.10 Å². The summed E-state index contributed by atoms with van der Waals surface area (Å²) < 4.78 is 13.9. The second-order valence-electron chi connectivity index (χ2n) is 5.48. The van der Waals surface area contributed by atoms with Crippen molar-refractivity contribution in [3.05, 3.63) is 33.0 Å². The van der Waals surface area contributed by atoms with Crippen LogP contribution >= 0.6 is 45.5 Å². The van der Waals surface area contributed by atoms with Gasteiger partial charge in [-0.1, -0.05) is 22.9 Å². The lowest BCUT2D eigenvalue weighted by molar-refractivity contribution is -0.138. The highest BCUT2D eigenvalue weighted by molar-refractivity contribution is 14.1. The highest BCUT2D eigenvalue weighted by atomic mass is 127. The predicted molar refractivity (Wildman–Crippen MR) is 110 cm³/mol. The minimum atomic E-state index is -0.927. The molecular weight excluding hydrogens is 507 g/mol. The number of benzene rings is 1. The van der Waals surface area contributed by atoms with Crippen molar-refractivity contribution in [1.29, 1.82) is 0 Å². The molecule has 0 saturated carbocycles. The fourth-order valence-corrected chi connectivity index (χ4v) is 3.65. The number of thiazole rings is 1. The molecule has 8 nitrogen and oxygen atoms in total. The van der Waals surface area contributed by atoms with Gasteiger partial charge in [0.05, 0.1) is 29.3 Å². The van der Waals surface area contributed by atoms with E-state index in [1.807, 2.05) is 12.1 Å². The maximum absolute atomic E-state index is 10.9. The van der Waals surface area contributed by atoms with Gasteiger partial charge in [0.25, 0.3) is 5.19 Å². The van der Waals surface area contributed by atoms with Gasteiger partial charge in [-0.25, -0.2) is 14.5 Å². The number of halogens is 2. The normalized spacial score (nSPS) is 10.9. The van der Waals surface area contributed by atoms with Crippen molar-refractivity contribution in [2.24, 2.45) is 7.05 Å². The molecule has 0 aliphatic rings. The van der Waals surface area contributed by atoms with Crippen molar-refractivity contribution in [3.63, 3.8) is 0 Å². The zero-order valence-electron chi connectivity index (χ0n) is 14.3. The zero-order chi connectivity index (χ0) is 19.4. The summed E-state index contributed by atoms with van der Waals surface area (Å²) in [4.78, 5) is 17.3. The summed E-state index contributed by atoms with van der Waals surface area (Å²) in [6.07, 6.45) is 2.30. The van der Waals surface area contributed by atoms with Crippen molar-refractivity contribution in [2.45, 2.75) is 13.0 Å². The molecule has 1 aromatic carbocycles. The van der Waals surface area contributed by atoms with E-state index in [0.717, 1.165) is 8.45 Å². The van der Waals surface area contributed by atoms with Crippen molar-refractivity contribution < 1.29 is 19.4 Å². The topological polar surface area (TPSA) is 91.4 Å². The number of aryl methyl sites for hydroxylation is 1. The molecule has 3 rings (SSSR count). The number of carboxylic acid groups (broad SMARTS) is 1. The van der Waals surface area contributed by atoms with E-state index in [1.54, 1.807) is 24.0 Å². The van der Waals surface area contributed by atoms with Crippen LogP contribution in [-0.2, 0) is 18.4 Å². The molecule has 0 aliphatic heterocycles. The summed E-state index contributed by atoms with van der Waals surface area (Å²) in [7, 11) is 1.69. The maximum Gasteiger partial charge on any atom is 0.325 e. The predicted octanol–water partition coefficient (Wildman–Crippen LogP) is 3.54. The van der Waals surface area contributed by atoms with Gasteiger partial charge in [-0.2, -0.15) is 0 Å². The average Bonchev–Trinajstić information content (AvgIpc) is 3.08. The van der Waals surface area contributed by atoms with Crippen LogP contribution in [0.1, 0.15) is 6.42 Å². The van der Waals surface area contributed by atoms with Gasteiger partial charge < -0.3 is 14.6 Å². The summed E-state index contributed by atoms with van der Waals surface area (Å²) in [5, 5.41) is 14.2. The molecule has 11 heteroatoms. The Bertz CT molecular complexity index is 939. The second-order valence-corrected chi connectivity index (χ2v) is 8.13. The lowest BCUT2D eigenvalue weighted by atomic mass is 10.3. The van der Waals surface area contributed by atoms with E-state index < -0.39 is 5.97 Å². The third-order valence-electron chi connectivity index (χ3n) is 3.49. The summed E-state index contributed by atoms with van der Waals surface area (Å²) in [5.74, 6) is 0.304. The summed E-state index contributed by atoms with van der Waals surface area (Å²) in [6, 6.07) is 5.61. The van der Waals surface area contributed by atoms with Crippen molar-refractivity contribution >= 4 is 51.5 Å². The Morgan fingerprint density at radius 2 is 2.15 bits per heavy atom. The van der Waals surface area contributed by atoms with Crippen LogP contribution in [0, 0.1) is 3.57 Å². The molecule has 144 valence electrons. The minimum Gasteiger partial charge on any atom is -0.492 e. The number of carbonyl (C=O) groups is 1. The molecule has 0 aliphatic carbocycles. The first-order valence-corrected chi connectivity index (χ1v) is 10.2. The number of carboxylic acids is 1. The number of nitrogens with zero attached hydrogens (tertiary/aromatic N) is 4. The van der Waals surface area contributed by atoms with E-state index in [9.17, 15) is 4.79 Å². The first-order valence-electron chi connectivity index (χ1n) is 7.92. The van der Waals surface area contributed by atoms with Crippen molar-refractivity contribution in [1.82, 2.24) is 19.6 Å². The Morgan fingerprint density at radius 3 is 2.89 bits per heavy atom. The maximum atomic E-state index is 10.9. The monoisotopic (exact) mass is 522 g/mol. The van der Waals surface area contributed by atoms with Crippen LogP contribution in [0.4, 0.5) is 0 Å². The standard InChI is InChI=1S/C16H16ClIN4O4S/c1-21-20-15(22(21)9-14(23)24)13-8-19-16(27-13)26-6-2-5-25-12-7-10(18)3-4-11(12)17/h3-4,7-8H,2,5-6,9H2,1H3,(H,23,24). The molecular formula is C16H16ClIN4O4S. The van der Waals surface area contributed by atoms with Gasteiger partial charge in [0.15, 0.2) is 5.82 Å². The minimum absolute atomic E-state index is 0.151. The lowest BCUT2D eigenvalue weighted by Gasteiger charge is -2.18. The Kier molecular flexibility index (Phi) is 6.60. The van der Waals surface area contributed by atoms with Gasteiger partial charge >= 0.3 is 5.97 Å². The third kappa shape index (κ3) is 5.14. The van der Waals surface area contributed by atoms with Crippen LogP contribution in [0.3, 0.4) is 0 Å². The molecule has 0 amide bonds. The van der Waals surface area contributed by atoms with Crippen molar-refractivity contribution in [3.8, 4) is 21.6 Å². The van der Waals surface area contributed by atoms with Gasteiger partial charge in [-0.3, -0.25) is 4.79 Å². The summed E-state index contributed by atoms with van der Waals surface area (Å²) in [6.45, 7) is 0.767.